The van der Waals surface area contributed by atoms with Gasteiger partial charge in [0.25, 0.3) is 0 Å². The molecule has 0 radical (unpaired) electrons. The van der Waals surface area contributed by atoms with Crippen molar-refractivity contribution in [3.05, 3.63) is 53.9 Å². The zero-order valence-electron chi connectivity index (χ0n) is 10.2. The van der Waals surface area contributed by atoms with E-state index in [0.717, 1.165) is 11.1 Å². The van der Waals surface area contributed by atoms with E-state index in [-0.39, 0.29) is 17.5 Å². The maximum Gasteiger partial charge on any atom is 0.157 e. The van der Waals surface area contributed by atoms with Crippen LogP contribution in [0.1, 0.15) is 24.1 Å². The Kier molecular flexibility index (Phi) is 3.79. The van der Waals surface area contributed by atoms with Gasteiger partial charge in [-0.2, -0.15) is 0 Å². The minimum absolute atomic E-state index is 0.0918. The number of hydrogen-bond acceptors (Lipinski definition) is 4. The number of phenolic OH excluding ortho intramolecular Hbond substituents is 2. The fourth-order valence-electron chi connectivity index (χ4n) is 1.72. The average molecular weight is 244 g/mol. The Morgan fingerprint density at radius 2 is 1.83 bits per heavy atom. The minimum Gasteiger partial charge on any atom is -0.504 e. The highest BCUT2D eigenvalue weighted by molar-refractivity contribution is 5.40. The lowest BCUT2D eigenvalue weighted by atomic mass is 10.1. The van der Waals surface area contributed by atoms with Crippen molar-refractivity contribution in [3.63, 3.8) is 0 Å². The maximum atomic E-state index is 9.40. The van der Waals surface area contributed by atoms with Crippen molar-refractivity contribution in [1.29, 1.82) is 0 Å². The second kappa shape index (κ2) is 5.51. The monoisotopic (exact) mass is 244 g/mol. The van der Waals surface area contributed by atoms with Crippen LogP contribution < -0.4 is 5.32 Å². The second-order valence-electron chi connectivity index (χ2n) is 4.21. The van der Waals surface area contributed by atoms with Gasteiger partial charge in [-0.25, -0.2) is 0 Å². The van der Waals surface area contributed by atoms with Crippen molar-refractivity contribution >= 4 is 0 Å². The van der Waals surface area contributed by atoms with Crippen LogP contribution in [0.2, 0.25) is 0 Å². The van der Waals surface area contributed by atoms with Crippen LogP contribution in [0.25, 0.3) is 0 Å². The summed E-state index contributed by atoms with van der Waals surface area (Å²) in [6.07, 6.45) is 3.53. The Morgan fingerprint density at radius 3 is 2.50 bits per heavy atom. The molecule has 0 fully saturated rings. The Morgan fingerprint density at radius 1 is 1.11 bits per heavy atom. The molecule has 1 aromatic heterocycles. The van der Waals surface area contributed by atoms with Crippen molar-refractivity contribution in [2.45, 2.75) is 19.5 Å². The predicted octanol–water partition coefficient (Wildman–Crippen LogP) is 2.34. The molecule has 0 aliphatic rings. The average Bonchev–Trinajstić information content (AvgIpc) is 2.41. The summed E-state index contributed by atoms with van der Waals surface area (Å²) in [6.45, 7) is 2.69. The fourth-order valence-corrected chi connectivity index (χ4v) is 1.72. The van der Waals surface area contributed by atoms with E-state index in [0.29, 0.717) is 6.54 Å². The number of nitrogens with one attached hydrogen (secondary N) is 1. The minimum atomic E-state index is -0.0964. The third-order valence-electron chi connectivity index (χ3n) is 2.86. The zero-order valence-corrected chi connectivity index (χ0v) is 10.2. The molecule has 0 saturated carbocycles. The molecule has 0 bridgehead atoms. The second-order valence-corrected chi connectivity index (χ2v) is 4.21. The van der Waals surface area contributed by atoms with Gasteiger partial charge in [-0.15, -0.1) is 0 Å². The van der Waals surface area contributed by atoms with Crippen LogP contribution in [0.15, 0.2) is 42.7 Å². The molecule has 0 saturated heterocycles. The van der Waals surface area contributed by atoms with Crippen molar-refractivity contribution in [2.24, 2.45) is 0 Å². The molecule has 0 amide bonds. The summed E-state index contributed by atoms with van der Waals surface area (Å²) in [4.78, 5) is 3.98. The third-order valence-corrected chi connectivity index (χ3v) is 2.86. The summed E-state index contributed by atoms with van der Waals surface area (Å²) < 4.78 is 0. The normalized spacial score (nSPS) is 12.3. The van der Waals surface area contributed by atoms with Crippen molar-refractivity contribution in [1.82, 2.24) is 10.3 Å². The van der Waals surface area contributed by atoms with Gasteiger partial charge < -0.3 is 15.5 Å². The molecular formula is C14H16N2O2. The first-order valence-electron chi connectivity index (χ1n) is 5.81. The number of rotatable bonds is 4. The highest BCUT2D eigenvalue weighted by Gasteiger charge is 2.05. The number of nitrogens with zero attached hydrogens (tertiary/aromatic N) is 1. The quantitative estimate of drug-likeness (QED) is 0.722. The number of benzene rings is 1. The van der Waals surface area contributed by atoms with Gasteiger partial charge in [0.2, 0.25) is 0 Å². The van der Waals surface area contributed by atoms with Gasteiger partial charge in [-0.1, -0.05) is 6.07 Å². The summed E-state index contributed by atoms with van der Waals surface area (Å²) in [5.74, 6) is -0.188. The van der Waals surface area contributed by atoms with E-state index in [9.17, 15) is 10.2 Å². The fraction of sp³-hybridized carbons (Fsp3) is 0.214. The first-order chi connectivity index (χ1) is 8.66. The van der Waals surface area contributed by atoms with Gasteiger partial charge in [0.15, 0.2) is 11.5 Å². The van der Waals surface area contributed by atoms with E-state index in [1.807, 2.05) is 12.1 Å². The molecule has 1 atom stereocenters. The van der Waals surface area contributed by atoms with Crippen LogP contribution in [0.5, 0.6) is 11.5 Å². The molecule has 1 heterocycles. The van der Waals surface area contributed by atoms with Crippen LogP contribution in [-0.2, 0) is 6.54 Å². The number of hydrogen-bond donors (Lipinski definition) is 3. The number of aromatic nitrogens is 1. The highest BCUT2D eigenvalue weighted by Crippen LogP contribution is 2.25. The van der Waals surface area contributed by atoms with E-state index in [2.05, 4.69) is 17.2 Å². The molecule has 18 heavy (non-hydrogen) atoms. The molecule has 4 heteroatoms. The van der Waals surface area contributed by atoms with Gasteiger partial charge in [0.1, 0.15) is 0 Å². The molecule has 0 unspecified atom stereocenters. The van der Waals surface area contributed by atoms with Crippen molar-refractivity contribution < 1.29 is 10.2 Å². The van der Waals surface area contributed by atoms with E-state index in [1.54, 1.807) is 24.5 Å². The van der Waals surface area contributed by atoms with Crippen LogP contribution in [-0.4, -0.2) is 15.2 Å². The van der Waals surface area contributed by atoms with Gasteiger partial charge in [0, 0.05) is 25.0 Å². The number of pyridine rings is 1. The van der Waals surface area contributed by atoms with Crippen LogP contribution in [0.4, 0.5) is 0 Å². The van der Waals surface area contributed by atoms with E-state index in [4.69, 9.17) is 0 Å². The summed E-state index contributed by atoms with van der Waals surface area (Å²) >= 11 is 0. The van der Waals surface area contributed by atoms with Crippen molar-refractivity contribution in [3.8, 4) is 11.5 Å². The molecule has 3 N–H and O–H groups in total. The molecule has 1 aromatic carbocycles. The topological polar surface area (TPSA) is 65.4 Å². The molecular weight excluding hydrogens is 228 g/mol. The number of phenols is 2. The molecule has 4 nitrogen and oxygen atoms in total. The Balaban J connectivity index is 1.97. The largest absolute Gasteiger partial charge is 0.504 e. The Labute approximate surface area is 106 Å². The summed E-state index contributed by atoms with van der Waals surface area (Å²) in [6, 6.07) is 8.95. The van der Waals surface area contributed by atoms with Crippen LogP contribution >= 0.6 is 0 Å². The lowest BCUT2D eigenvalue weighted by molar-refractivity contribution is 0.402. The lowest BCUT2D eigenvalue weighted by Gasteiger charge is -2.14. The van der Waals surface area contributed by atoms with Crippen LogP contribution in [0, 0.1) is 0 Å². The molecule has 2 aromatic rings. The van der Waals surface area contributed by atoms with Crippen LogP contribution in [0.3, 0.4) is 0 Å². The van der Waals surface area contributed by atoms with Crippen molar-refractivity contribution in [2.75, 3.05) is 0 Å². The summed E-state index contributed by atoms with van der Waals surface area (Å²) in [7, 11) is 0. The molecule has 2 rings (SSSR count). The highest BCUT2D eigenvalue weighted by atomic mass is 16.3. The van der Waals surface area contributed by atoms with E-state index < -0.39 is 0 Å². The predicted molar refractivity (Wildman–Crippen MR) is 69.3 cm³/mol. The lowest BCUT2D eigenvalue weighted by Crippen LogP contribution is -2.17. The molecule has 0 aliphatic carbocycles. The number of aromatic hydroxyl groups is 2. The first-order valence-corrected chi connectivity index (χ1v) is 5.81. The third kappa shape index (κ3) is 2.99. The smallest absolute Gasteiger partial charge is 0.157 e. The molecule has 94 valence electrons. The molecule has 0 aliphatic heterocycles. The Hall–Kier alpha value is -2.07. The SMILES string of the molecule is C[C@@H](NCc1ccc(O)c(O)c1)c1ccncc1. The van der Waals surface area contributed by atoms with Gasteiger partial charge >= 0.3 is 0 Å². The maximum absolute atomic E-state index is 9.40. The van der Waals surface area contributed by atoms with Gasteiger partial charge in [-0.3, -0.25) is 4.98 Å². The van der Waals surface area contributed by atoms with Gasteiger partial charge in [0.05, 0.1) is 0 Å². The summed E-state index contributed by atoms with van der Waals surface area (Å²) in [5.41, 5.74) is 2.08. The Bertz CT molecular complexity index is 514. The zero-order chi connectivity index (χ0) is 13.0. The standard InChI is InChI=1S/C14H16N2O2/c1-10(12-4-6-15-7-5-12)16-9-11-2-3-13(17)14(18)8-11/h2-8,10,16-18H,9H2,1H3/t10-/m1/s1. The summed E-state index contributed by atoms with van der Waals surface area (Å²) in [5, 5.41) is 22.0. The first kappa shape index (κ1) is 12.4. The van der Waals surface area contributed by atoms with Gasteiger partial charge in [-0.05, 0) is 42.3 Å². The van der Waals surface area contributed by atoms with E-state index >= 15 is 0 Å². The van der Waals surface area contributed by atoms with E-state index in [1.165, 1.54) is 6.07 Å². The molecule has 0 spiro atoms.